The molecule has 6 heteroatoms. The van der Waals surface area contributed by atoms with Gasteiger partial charge in [-0.05, 0) is 56.2 Å². The van der Waals surface area contributed by atoms with Crippen molar-refractivity contribution in [3.8, 4) is 5.75 Å². The van der Waals surface area contributed by atoms with Crippen molar-refractivity contribution in [1.82, 2.24) is 14.9 Å². The van der Waals surface area contributed by atoms with Crippen LogP contribution in [0.15, 0.2) is 77.7 Å². The molecule has 2 heterocycles. The Morgan fingerprint density at radius 2 is 1.76 bits per heavy atom. The van der Waals surface area contributed by atoms with E-state index in [9.17, 15) is 9.59 Å². The zero-order valence-electron chi connectivity index (χ0n) is 19.0. The van der Waals surface area contributed by atoms with Gasteiger partial charge in [-0.1, -0.05) is 42.5 Å². The van der Waals surface area contributed by atoms with Crippen LogP contribution in [0.5, 0.6) is 5.75 Å². The molecule has 33 heavy (non-hydrogen) atoms. The summed E-state index contributed by atoms with van der Waals surface area (Å²) in [6.07, 6.45) is 1.85. The van der Waals surface area contributed by atoms with Gasteiger partial charge in [0.2, 0.25) is 0 Å². The molecule has 0 unspecified atom stereocenters. The maximum Gasteiger partial charge on any atom is 0.260 e. The summed E-state index contributed by atoms with van der Waals surface area (Å²) in [6, 6.07) is 20.9. The van der Waals surface area contributed by atoms with E-state index in [1.165, 1.54) is 0 Å². The molecule has 1 N–H and O–H groups in total. The molecule has 0 bridgehead atoms. The molecule has 4 aromatic rings. The minimum absolute atomic E-state index is 0.108. The first-order chi connectivity index (χ1) is 15.9. The lowest BCUT2D eigenvalue weighted by atomic mass is 10.1. The van der Waals surface area contributed by atoms with Crippen LogP contribution >= 0.6 is 0 Å². The molecule has 0 aliphatic carbocycles. The molecule has 0 radical (unpaired) electrons. The predicted octanol–water partition coefficient (Wildman–Crippen LogP) is 4.47. The lowest BCUT2D eigenvalue weighted by Crippen LogP contribution is -2.25. The SMILES string of the molecule is Cc1nc2ccn(Cc3ccccc3)c(=O)c2cc1C(=O)NCc1ccc(OC(C)C)cc1. The van der Waals surface area contributed by atoms with E-state index in [-0.39, 0.29) is 17.6 Å². The number of amides is 1. The number of fused-ring (bicyclic) bond motifs is 1. The van der Waals surface area contributed by atoms with Crippen LogP contribution in [0.1, 0.15) is 41.0 Å². The van der Waals surface area contributed by atoms with Crippen LogP contribution in [0.4, 0.5) is 0 Å². The molecule has 0 fully saturated rings. The van der Waals surface area contributed by atoms with E-state index in [4.69, 9.17) is 4.74 Å². The van der Waals surface area contributed by atoms with Crippen molar-refractivity contribution in [2.24, 2.45) is 0 Å². The van der Waals surface area contributed by atoms with E-state index in [1.54, 1.807) is 23.8 Å². The minimum Gasteiger partial charge on any atom is -0.491 e. The lowest BCUT2D eigenvalue weighted by molar-refractivity contribution is 0.0950. The standard InChI is InChI=1S/C27H27N3O3/c1-18(2)33-22-11-9-20(10-12-22)16-28-26(31)23-15-24-25(29-19(23)3)13-14-30(27(24)32)17-21-7-5-4-6-8-21/h4-15,18H,16-17H2,1-3H3,(H,28,31). The number of hydrogen-bond donors (Lipinski definition) is 1. The Bertz CT molecular complexity index is 1330. The highest BCUT2D eigenvalue weighted by molar-refractivity contribution is 5.98. The Balaban J connectivity index is 1.54. The molecule has 0 saturated heterocycles. The van der Waals surface area contributed by atoms with Crippen LogP contribution in [0.2, 0.25) is 0 Å². The predicted molar refractivity (Wildman–Crippen MR) is 130 cm³/mol. The number of benzene rings is 2. The Labute approximate surface area is 192 Å². The molecule has 2 aromatic carbocycles. The first kappa shape index (κ1) is 22.3. The van der Waals surface area contributed by atoms with Crippen LogP contribution in [-0.2, 0) is 13.1 Å². The third kappa shape index (κ3) is 5.29. The molecule has 1 amide bonds. The summed E-state index contributed by atoms with van der Waals surface area (Å²) in [7, 11) is 0. The van der Waals surface area contributed by atoms with Gasteiger partial charge < -0.3 is 14.6 Å². The summed E-state index contributed by atoms with van der Waals surface area (Å²) in [4.78, 5) is 30.5. The fraction of sp³-hybridized carbons (Fsp3) is 0.222. The van der Waals surface area contributed by atoms with Crippen molar-refractivity contribution < 1.29 is 9.53 Å². The minimum atomic E-state index is -0.262. The monoisotopic (exact) mass is 441 g/mol. The van der Waals surface area contributed by atoms with E-state index >= 15 is 0 Å². The summed E-state index contributed by atoms with van der Waals surface area (Å²) in [5.74, 6) is 0.531. The number of nitrogens with zero attached hydrogens (tertiary/aromatic N) is 2. The van der Waals surface area contributed by atoms with E-state index < -0.39 is 0 Å². The molecule has 0 saturated carbocycles. The van der Waals surface area contributed by atoms with Gasteiger partial charge in [0, 0.05) is 12.7 Å². The molecule has 168 valence electrons. The van der Waals surface area contributed by atoms with Crippen LogP contribution < -0.4 is 15.6 Å². The Morgan fingerprint density at radius 3 is 2.45 bits per heavy atom. The van der Waals surface area contributed by atoms with Crippen molar-refractivity contribution in [3.05, 3.63) is 106 Å². The second-order valence-electron chi connectivity index (χ2n) is 8.28. The molecule has 0 aliphatic rings. The maximum absolute atomic E-state index is 13.1. The average molecular weight is 442 g/mol. The van der Waals surface area contributed by atoms with Gasteiger partial charge >= 0.3 is 0 Å². The van der Waals surface area contributed by atoms with Gasteiger partial charge in [0.25, 0.3) is 11.5 Å². The highest BCUT2D eigenvalue weighted by atomic mass is 16.5. The summed E-state index contributed by atoms with van der Waals surface area (Å²) in [5.41, 5.74) is 3.38. The fourth-order valence-corrected chi connectivity index (χ4v) is 3.68. The van der Waals surface area contributed by atoms with Crippen molar-refractivity contribution in [2.45, 2.75) is 40.0 Å². The van der Waals surface area contributed by atoms with Gasteiger partial charge in [0.1, 0.15) is 5.75 Å². The van der Waals surface area contributed by atoms with E-state index in [0.29, 0.717) is 35.2 Å². The highest BCUT2D eigenvalue weighted by Gasteiger charge is 2.14. The van der Waals surface area contributed by atoms with E-state index in [1.807, 2.05) is 74.5 Å². The molecule has 0 atom stereocenters. The molecule has 2 aromatic heterocycles. The number of hydrogen-bond acceptors (Lipinski definition) is 4. The zero-order valence-corrected chi connectivity index (χ0v) is 19.0. The van der Waals surface area contributed by atoms with Gasteiger partial charge in [-0.2, -0.15) is 0 Å². The molecule has 4 rings (SSSR count). The fourth-order valence-electron chi connectivity index (χ4n) is 3.68. The van der Waals surface area contributed by atoms with Gasteiger partial charge in [-0.15, -0.1) is 0 Å². The van der Waals surface area contributed by atoms with E-state index in [0.717, 1.165) is 16.9 Å². The summed E-state index contributed by atoms with van der Waals surface area (Å²) < 4.78 is 7.29. The third-order valence-electron chi connectivity index (χ3n) is 5.33. The Kier molecular flexibility index (Phi) is 6.54. The van der Waals surface area contributed by atoms with Gasteiger partial charge in [-0.25, -0.2) is 0 Å². The molecule has 0 aliphatic heterocycles. The number of rotatable bonds is 7. The van der Waals surface area contributed by atoms with Crippen molar-refractivity contribution >= 4 is 16.8 Å². The topological polar surface area (TPSA) is 73.2 Å². The Morgan fingerprint density at radius 1 is 1.03 bits per heavy atom. The second-order valence-corrected chi connectivity index (χ2v) is 8.28. The van der Waals surface area contributed by atoms with Crippen molar-refractivity contribution in [2.75, 3.05) is 0 Å². The lowest BCUT2D eigenvalue weighted by Gasteiger charge is -2.12. The summed E-state index contributed by atoms with van der Waals surface area (Å²) in [6.45, 7) is 6.56. The van der Waals surface area contributed by atoms with Crippen LogP contribution in [0.25, 0.3) is 10.9 Å². The van der Waals surface area contributed by atoms with Gasteiger partial charge in [0.05, 0.1) is 34.8 Å². The second kappa shape index (κ2) is 9.69. The van der Waals surface area contributed by atoms with Crippen molar-refractivity contribution in [1.29, 1.82) is 0 Å². The Hall–Kier alpha value is -3.93. The van der Waals surface area contributed by atoms with Crippen LogP contribution in [-0.4, -0.2) is 21.6 Å². The third-order valence-corrected chi connectivity index (χ3v) is 5.33. The van der Waals surface area contributed by atoms with Crippen LogP contribution in [0, 0.1) is 6.92 Å². The zero-order chi connectivity index (χ0) is 23.4. The molecular formula is C27H27N3O3. The molecule has 6 nitrogen and oxygen atoms in total. The van der Waals surface area contributed by atoms with Gasteiger partial charge in [0.15, 0.2) is 0 Å². The maximum atomic E-state index is 13.1. The largest absolute Gasteiger partial charge is 0.491 e. The number of ether oxygens (including phenoxy) is 1. The first-order valence-corrected chi connectivity index (χ1v) is 11.0. The molecular weight excluding hydrogens is 414 g/mol. The number of nitrogens with one attached hydrogen (secondary N) is 1. The first-order valence-electron chi connectivity index (χ1n) is 11.0. The highest BCUT2D eigenvalue weighted by Crippen LogP contribution is 2.16. The summed E-state index contributed by atoms with van der Waals surface area (Å²) in [5, 5.41) is 3.36. The van der Waals surface area contributed by atoms with Crippen molar-refractivity contribution in [3.63, 3.8) is 0 Å². The van der Waals surface area contributed by atoms with E-state index in [2.05, 4.69) is 10.3 Å². The smallest absolute Gasteiger partial charge is 0.260 e. The number of aryl methyl sites for hydroxylation is 1. The quantitative estimate of drug-likeness (QED) is 0.459. The van der Waals surface area contributed by atoms with Gasteiger partial charge in [-0.3, -0.25) is 14.6 Å². The molecule has 0 spiro atoms. The number of aromatic nitrogens is 2. The number of pyridine rings is 2. The normalized spacial score (nSPS) is 11.0. The summed E-state index contributed by atoms with van der Waals surface area (Å²) >= 11 is 0. The van der Waals surface area contributed by atoms with Crippen LogP contribution in [0.3, 0.4) is 0 Å². The average Bonchev–Trinajstić information content (AvgIpc) is 2.80. The number of carbonyl (C=O) groups is 1. The number of carbonyl (C=O) groups excluding carboxylic acids is 1.